The van der Waals surface area contributed by atoms with E-state index in [-0.39, 0.29) is 0 Å². The van der Waals surface area contributed by atoms with Gasteiger partial charge in [-0.1, -0.05) is 0 Å². The second kappa shape index (κ2) is 4.82. The van der Waals surface area contributed by atoms with Gasteiger partial charge in [0.1, 0.15) is 5.75 Å². The molecule has 19 heavy (non-hydrogen) atoms. The first kappa shape index (κ1) is 11.9. The normalized spacial score (nSPS) is 10.6. The third kappa shape index (κ3) is 2.35. The topological polar surface area (TPSA) is 47.3 Å². The van der Waals surface area contributed by atoms with Gasteiger partial charge in [-0.25, -0.2) is 0 Å². The van der Waals surface area contributed by atoms with Crippen LogP contribution in [0.15, 0.2) is 47.8 Å². The van der Waals surface area contributed by atoms with Crippen LogP contribution in [0.2, 0.25) is 0 Å². The summed E-state index contributed by atoms with van der Waals surface area (Å²) in [7, 11) is 1.62. The minimum Gasteiger partial charge on any atom is -0.495 e. The van der Waals surface area contributed by atoms with E-state index in [2.05, 4.69) is 35.0 Å². The van der Waals surface area contributed by atoms with Crippen LogP contribution in [0, 0.1) is 0 Å². The van der Waals surface area contributed by atoms with Crippen molar-refractivity contribution in [2.75, 3.05) is 18.2 Å². The molecule has 3 nitrogen and oxygen atoms in total. The Morgan fingerprint density at radius 3 is 2.68 bits per heavy atom. The summed E-state index contributed by atoms with van der Waals surface area (Å²) in [5.41, 5.74) is 8.45. The molecule has 0 amide bonds. The van der Waals surface area contributed by atoms with Crippen LogP contribution in [-0.2, 0) is 0 Å². The molecule has 3 aromatic rings. The zero-order chi connectivity index (χ0) is 13.2. The molecule has 1 aromatic heterocycles. The monoisotopic (exact) mass is 270 g/mol. The minimum absolute atomic E-state index is 0.640. The SMILES string of the molecule is COc1cc(Nc2ccc3sccc3c2)ccc1N. The Morgan fingerprint density at radius 2 is 1.84 bits per heavy atom. The quantitative estimate of drug-likeness (QED) is 0.700. The van der Waals surface area contributed by atoms with Crippen molar-refractivity contribution >= 4 is 38.5 Å². The highest BCUT2D eigenvalue weighted by atomic mass is 32.1. The van der Waals surface area contributed by atoms with Crippen LogP contribution < -0.4 is 15.8 Å². The maximum absolute atomic E-state index is 5.80. The van der Waals surface area contributed by atoms with Crippen LogP contribution in [0.5, 0.6) is 5.75 Å². The molecule has 0 radical (unpaired) electrons. The Labute approximate surface area is 115 Å². The third-order valence-corrected chi connectivity index (χ3v) is 3.87. The van der Waals surface area contributed by atoms with E-state index in [0.717, 1.165) is 11.4 Å². The Kier molecular flexibility index (Phi) is 3.01. The first-order valence-corrected chi connectivity index (χ1v) is 6.82. The van der Waals surface area contributed by atoms with Gasteiger partial charge in [-0.3, -0.25) is 0 Å². The van der Waals surface area contributed by atoms with E-state index in [1.807, 2.05) is 18.2 Å². The molecule has 1 heterocycles. The number of nitrogens with two attached hydrogens (primary N) is 1. The Hall–Kier alpha value is -2.20. The number of methoxy groups -OCH3 is 1. The van der Waals surface area contributed by atoms with E-state index in [1.165, 1.54) is 10.1 Å². The fourth-order valence-corrected chi connectivity index (χ4v) is 2.77. The highest BCUT2D eigenvalue weighted by Gasteiger charge is 2.02. The van der Waals surface area contributed by atoms with Crippen LogP contribution in [0.4, 0.5) is 17.1 Å². The van der Waals surface area contributed by atoms with Gasteiger partial charge < -0.3 is 15.8 Å². The Morgan fingerprint density at radius 1 is 1.05 bits per heavy atom. The second-order valence-electron chi connectivity index (χ2n) is 4.25. The van der Waals surface area contributed by atoms with Crippen molar-refractivity contribution in [3.63, 3.8) is 0 Å². The number of thiophene rings is 1. The Bertz CT molecular complexity index is 721. The third-order valence-electron chi connectivity index (χ3n) is 2.97. The molecule has 0 saturated heterocycles. The summed E-state index contributed by atoms with van der Waals surface area (Å²) < 4.78 is 6.51. The molecule has 0 saturated carbocycles. The van der Waals surface area contributed by atoms with Gasteiger partial charge in [-0.2, -0.15) is 0 Å². The summed E-state index contributed by atoms with van der Waals surface area (Å²) in [6.45, 7) is 0. The number of benzene rings is 2. The average Bonchev–Trinajstić information content (AvgIpc) is 2.88. The van der Waals surface area contributed by atoms with E-state index >= 15 is 0 Å². The van der Waals surface area contributed by atoms with Gasteiger partial charge in [0.2, 0.25) is 0 Å². The van der Waals surface area contributed by atoms with Gasteiger partial charge in [-0.15, -0.1) is 11.3 Å². The molecule has 0 atom stereocenters. The van der Waals surface area contributed by atoms with E-state index < -0.39 is 0 Å². The molecule has 96 valence electrons. The largest absolute Gasteiger partial charge is 0.495 e. The van der Waals surface area contributed by atoms with Gasteiger partial charge >= 0.3 is 0 Å². The molecule has 4 heteroatoms. The van der Waals surface area contributed by atoms with E-state index in [4.69, 9.17) is 10.5 Å². The van der Waals surface area contributed by atoms with Gasteiger partial charge in [0.25, 0.3) is 0 Å². The molecule has 3 rings (SSSR count). The summed E-state index contributed by atoms with van der Waals surface area (Å²) in [4.78, 5) is 0. The molecule has 0 spiro atoms. The minimum atomic E-state index is 0.640. The van der Waals surface area contributed by atoms with Crippen molar-refractivity contribution in [3.8, 4) is 5.75 Å². The number of ether oxygens (including phenoxy) is 1. The molecule has 0 unspecified atom stereocenters. The van der Waals surface area contributed by atoms with Crippen LogP contribution in [0.25, 0.3) is 10.1 Å². The predicted molar refractivity (Wildman–Crippen MR) is 82.5 cm³/mol. The zero-order valence-corrected chi connectivity index (χ0v) is 11.3. The molecular weight excluding hydrogens is 256 g/mol. The number of anilines is 3. The number of fused-ring (bicyclic) bond motifs is 1. The second-order valence-corrected chi connectivity index (χ2v) is 5.20. The van der Waals surface area contributed by atoms with Crippen molar-refractivity contribution in [2.45, 2.75) is 0 Å². The lowest BCUT2D eigenvalue weighted by Crippen LogP contribution is -1.95. The van der Waals surface area contributed by atoms with E-state index in [0.29, 0.717) is 11.4 Å². The predicted octanol–water partition coefficient (Wildman–Crippen LogP) is 4.24. The number of rotatable bonds is 3. The zero-order valence-electron chi connectivity index (χ0n) is 10.5. The van der Waals surface area contributed by atoms with Gasteiger partial charge in [-0.05, 0) is 47.2 Å². The lowest BCUT2D eigenvalue weighted by molar-refractivity contribution is 0.417. The summed E-state index contributed by atoms with van der Waals surface area (Å²) >= 11 is 1.75. The summed E-state index contributed by atoms with van der Waals surface area (Å²) in [6.07, 6.45) is 0. The maximum Gasteiger partial charge on any atom is 0.143 e. The van der Waals surface area contributed by atoms with Crippen LogP contribution in [0.1, 0.15) is 0 Å². The fraction of sp³-hybridized carbons (Fsp3) is 0.0667. The molecule has 0 aliphatic carbocycles. The van der Waals surface area contributed by atoms with Crippen LogP contribution >= 0.6 is 11.3 Å². The fourth-order valence-electron chi connectivity index (χ4n) is 2.00. The molecule has 0 aliphatic heterocycles. The highest BCUT2D eigenvalue weighted by molar-refractivity contribution is 7.17. The Balaban J connectivity index is 1.91. The number of nitrogen functional groups attached to an aromatic ring is 1. The average molecular weight is 270 g/mol. The van der Waals surface area contributed by atoms with E-state index in [9.17, 15) is 0 Å². The number of hydrogen-bond donors (Lipinski definition) is 2. The molecule has 0 fully saturated rings. The molecule has 2 aromatic carbocycles. The standard InChI is InChI=1S/C15H14N2OS/c1-18-14-9-12(2-4-13(14)16)17-11-3-5-15-10(8-11)6-7-19-15/h2-9,17H,16H2,1H3. The molecule has 3 N–H and O–H groups in total. The molecule has 0 aliphatic rings. The number of nitrogens with one attached hydrogen (secondary N) is 1. The van der Waals surface area contributed by atoms with Crippen LogP contribution in [0.3, 0.4) is 0 Å². The summed E-state index contributed by atoms with van der Waals surface area (Å²) in [5, 5.41) is 6.70. The molecule has 0 bridgehead atoms. The molecular formula is C15H14N2OS. The van der Waals surface area contributed by atoms with Crippen molar-refractivity contribution < 1.29 is 4.74 Å². The van der Waals surface area contributed by atoms with Gasteiger partial charge in [0.05, 0.1) is 12.8 Å². The lowest BCUT2D eigenvalue weighted by atomic mass is 10.2. The van der Waals surface area contributed by atoms with Gasteiger partial charge in [0, 0.05) is 22.1 Å². The summed E-state index contributed by atoms with van der Waals surface area (Å²) in [5.74, 6) is 0.682. The number of hydrogen-bond acceptors (Lipinski definition) is 4. The lowest BCUT2D eigenvalue weighted by Gasteiger charge is -2.10. The first-order valence-electron chi connectivity index (χ1n) is 5.94. The highest BCUT2D eigenvalue weighted by Crippen LogP contribution is 2.29. The maximum atomic E-state index is 5.80. The van der Waals surface area contributed by atoms with Crippen molar-refractivity contribution in [1.82, 2.24) is 0 Å². The van der Waals surface area contributed by atoms with Crippen LogP contribution in [-0.4, -0.2) is 7.11 Å². The van der Waals surface area contributed by atoms with Crippen molar-refractivity contribution in [3.05, 3.63) is 47.8 Å². The van der Waals surface area contributed by atoms with E-state index in [1.54, 1.807) is 18.4 Å². The first-order chi connectivity index (χ1) is 9.26. The smallest absolute Gasteiger partial charge is 0.143 e. The van der Waals surface area contributed by atoms with Gasteiger partial charge in [0.15, 0.2) is 0 Å². The summed E-state index contributed by atoms with van der Waals surface area (Å²) in [6, 6.07) is 14.1. The van der Waals surface area contributed by atoms with Crippen molar-refractivity contribution in [2.24, 2.45) is 0 Å². The van der Waals surface area contributed by atoms with Crippen molar-refractivity contribution in [1.29, 1.82) is 0 Å².